The Kier molecular flexibility index (Phi) is 5.64. The Morgan fingerprint density at radius 2 is 1.92 bits per heavy atom. The van der Waals surface area contributed by atoms with Crippen molar-refractivity contribution in [2.45, 2.75) is 6.54 Å². The zero-order valence-electron chi connectivity index (χ0n) is 20.1. The van der Waals surface area contributed by atoms with Gasteiger partial charge in [-0.05, 0) is 35.9 Å². The molecule has 10 nitrogen and oxygen atoms in total. The number of aromatic nitrogens is 6. The minimum Gasteiger partial charge on any atom is -0.496 e. The standard InChI is InChI=1S/C27H21FN8O2/c1-38-21-9-7-17(28)10-18(21)27(37)31-11-14-2-4-15(5-3-14)23-22-24(34-35-25(22)29)19(13-30-23)20-8-6-16-12-32-36-26(16)33-20/h2-10,12-13H,11H2,1H3,(H,31,37)(H3,29,34,35)(H,32,33,36). The number of benzene rings is 2. The Labute approximate surface area is 215 Å². The summed E-state index contributed by atoms with van der Waals surface area (Å²) >= 11 is 0. The predicted molar refractivity (Wildman–Crippen MR) is 141 cm³/mol. The van der Waals surface area contributed by atoms with E-state index >= 15 is 0 Å². The molecule has 0 fully saturated rings. The summed E-state index contributed by atoms with van der Waals surface area (Å²) in [5.74, 6) is -0.318. The van der Waals surface area contributed by atoms with Crippen molar-refractivity contribution in [2.75, 3.05) is 12.8 Å². The summed E-state index contributed by atoms with van der Waals surface area (Å²) in [4.78, 5) is 21.9. The highest BCUT2D eigenvalue weighted by Crippen LogP contribution is 2.35. The molecular weight excluding hydrogens is 487 g/mol. The molecule has 5 N–H and O–H groups in total. The zero-order chi connectivity index (χ0) is 26.2. The number of amides is 1. The minimum atomic E-state index is -0.513. The first-order valence-electron chi connectivity index (χ1n) is 11.7. The van der Waals surface area contributed by atoms with Crippen LogP contribution < -0.4 is 15.8 Å². The van der Waals surface area contributed by atoms with Crippen LogP contribution >= 0.6 is 0 Å². The number of hydrogen-bond acceptors (Lipinski definition) is 7. The highest BCUT2D eigenvalue weighted by Gasteiger charge is 2.18. The number of aromatic amines is 2. The summed E-state index contributed by atoms with van der Waals surface area (Å²) in [5, 5.41) is 18.5. The number of carbonyl (C=O) groups is 1. The van der Waals surface area contributed by atoms with Crippen LogP contribution in [-0.2, 0) is 6.54 Å². The van der Waals surface area contributed by atoms with Gasteiger partial charge < -0.3 is 15.8 Å². The van der Waals surface area contributed by atoms with Crippen LogP contribution in [0.3, 0.4) is 0 Å². The van der Waals surface area contributed by atoms with Gasteiger partial charge in [0.15, 0.2) is 11.5 Å². The number of carbonyl (C=O) groups excluding carboxylic acids is 1. The van der Waals surface area contributed by atoms with Gasteiger partial charge in [-0.3, -0.25) is 20.0 Å². The Bertz CT molecular complexity index is 1810. The molecule has 0 radical (unpaired) electrons. The Morgan fingerprint density at radius 1 is 1.08 bits per heavy atom. The van der Waals surface area contributed by atoms with Gasteiger partial charge in [0, 0.05) is 29.3 Å². The molecule has 0 aliphatic heterocycles. The predicted octanol–water partition coefficient (Wildman–Crippen LogP) is 4.22. The molecule has 0 aliphatic carbocycles. The Hall–Kier alpha value is -5.32. The first kappa shape index (κ1) is 23.1. The fourth-order valence-corrected chi connectivity index (χ4v) is 4.35. The summed E-state index contributed by atoms with van der Waals surface area (Å²) in [6.45, 7) is 0.246. The lowest BCUT2D eigenvalue weighted by Gasteiger charge is -2.11. The highest BCUT2D eigenvalue weighted by atomic mass is 19.1. The maximum atomic E-state index is 13.6. The average molecular weight is 509 g/mol. The largest absolute Gasteiger partial charge is 0.496 e. The second-order valence-corrected chi connectivity index (χ2v) is 8.61. The third kappa shape index (κ3) is 4.05. The summed E-state index contributed by atoms with van der Waals surface area (Å²) in [6, 6.07) is 15.2. The Balaban J connectivity index is 1.26. The second-order valence-electron chi connectivity index (χ2n) is 8.61. The van der Waals surface area contributed by atoms with Crippen molar-refractivity contribution in [3.05, 3.63) is 83.9 Å². The molecule has 6 aromatic rings. The lowest BCUT2D eigenvalue weighted by Crippen LogP contribution is -2.23. The topological polar surface area (TPSA) is 147 Å². The van der Waals surface area contributed by atoms with Gasteiger partial charge in [-0.25, -0.2) is 9.37 Å². The third-order valence-electron chi connectivity index (χ3n) is 6.29. The van der Waals surface area contributed by atoms with E-state index in [0.717, 1.165) is 33.7 Å². The molecule has 0 saturated heterocycles. The molecule has 0 atom stereocenters. The van der Waals surface area contributed by atoms with Gasteiger partial charge in [0.2, 0.25) is 0 Å². The van der Waals surface area contributed by atoms with Crippen LogP contribution in [0.4, 0.5) is 10.2 Å². The van der Waals surface area contributed by atoms with Crippen LogP contribution in [0.5, 0.6) is 5.75 Å². The van der Waals surface area contributed by atoms with E-state index in [-0.39, 0.29) is 12.1 Å². The average Bonchev–Trinajstić information content (AvgIpc) is 3.58. The van der Waals surface area contributed by atoms with E-state index < -0.39 is 11.7 Å². The number of rotatable bonds is 6. The molecule has 0 unspecified atom stereocenters. The zero-order valence-corrected chi connectivity index (χ0v) is 20.1. The molecule has 1 amide bonds. The number of fused-ring (bicyclic) bond motifs is 2. The van der Waals surface area contributed by atoms with Crippen molar-refractivity contribution in [1.82, 2.24) is 35.7 Å². The molecular formula is C27H21FN8O2. The molecule has 11 heteroatoms. The van der Waals surface area contributed by atoms with E-state index in [1.165, 1.54) is 19.2 Å². The molecule has 38 heavy (non-hydrogen) atoms. The number of nitrogens with one attached hydrogen (secondary N) is 3. The number of H-pyrrole nitrogens is 2. The number of halogens is 1. The number of nitrogens with zero attached hydrogens (tertiary/aromatic N) is 4. The monoisotopic (exact) mass is 508 g/mol. The molecule has 0 spiro atoms. The summed E-state index contributed by atoms with van der Waals surface area (Å²) < 4.78 is 18.8. The number of methoxy groups -OCH3 is 1. The quantitative estimate of drug-likeness (QED) is 0.263. The summed E-state index contributed by atoms with van der Waals surface area (Å²) in [6.07, 6.45) is 3.45. The first-order chi connectivity index (χ1) is 18.5. The lowest BCUT2D eigenvalue weighted by atomic mass is 10.0. The maximum absolute atomic E-state index is 13.6. The number of pyridine rings is 2. The van der Waals surface area contributed by atoms with Crippen LogP contribution in [0.1, 0.15) is 15.9 Å². The van der Waals surface area contributed by atoms with Crippen molar-refractivity contribution in [2.24, 2.45) is 0 Å². The second kappa shape index (κ2) is 9.28. The van der Waals surface area contributed by atoms with Crippen molar-refractivity contribution < 1.29 is 13.9 Å². The molecule has 0 bridgehead atoms. The molecule has 2 aromatic carbocycles. The molecule has 4 heterocycles. The first-order valence-corrected chi connectivity index (χ1v) is 11.7. The van der Waals surface area contributed by atoms with Crippen molar-refractivity contribution in [3.63, 3.8) is 0 Å². The van der Waals surface area contributed by atoms with Crippen LogP contribution in [0.25, 0.3) is 44.5 Å². The van der Waals surface area contributed by atoms with Gasteiger partial charge in [-0.2, -0.15) is 10.2 Å². The van der Waals surface area contributed by atoms with Gasteiger partial charge in [0.05, 0.1) is 41.2 Å². The highest BCUT2D eigenvalue weighted by molar-refractivity contribution is 6.06. The van der Waals surface area contributed by atoms with Gasteiger partial charge in [0.1, 0.15) is 11.6 Å². The third-order valence-corrected chi connectivity index (χ3v) is 6.29. The fourth-order valence-electron chi connectivity index (χ4n) is 4.35. The van der Waals surface area contributed by atoms with Gasteiger partial charge >= 0.3 is 0 Å². The molecule has 4 aromatic heterocycles. The number of anilines is 1. The van der Waals surface area contributed by atoms with Crippen molar-refractivity contribution in [3.8, 4) is 28.3 Å². The molecule has 0 saturated carbocycles. The number of nitrogen functional groups attached to an aromatic ring is 1. The fraction of sp³-hybridized carbons (Fsp3) is 0.0741. The normalized spacial score (nSPS) is 11.2. The molecule has 6 rings (SSSR count). The van der Waals surface area contributed by atoms with E-state index in [9.17, 15) is 9.18 Å². The van der Waals surface area contributed by atoms with E-state index in [4.69, 9.17) is 15.5 Å². The van der Waals surface area contributed by atoms with Crippen LogP contribution in [0.2, 0.25) is 0 Å². The van der Waals surface area contributed by atoms with Gasteiger partial charge in [-0.15, -0.1) is 0 Å². The minimum absolute atomic E-state index is 0.132. The van der Waals surface area contributed by atoms with Crippen molar-refractivity contribution >= 4 is 33.7 Å². The lowest BCUT2D eigenvalue weighted by molar-refractivity contribution is 0.0947. The van der Waals surface area contributed by atoms with Crippen LogP contribution in [0, 0.1) is 5.82 Å². The molecule has 188 valence electrons. The molecule has 0 aliphatic rings. The van der Waals surface area contributed by atoms with E-state index in [0.29, 0.717) is 34.0 Å². The van der Waals surface area contributed by atoms with Gasteiger partial charge in [-0.1, -0.05) is 24.3 Å². The van der Waals surface area contributed by atoms with Crippen LogP contribution in [-0.4, -0.2) is 43.4 Å². The Morgan fingerprint density at radius 3 is 2.74 bits per heavy atom. The van der Waals surface area contributed by atoms with E-state index in [1.54, 1.807) is 12.4 Å². The van der Waals surface area contributed by atoms with E-state index in [2.05, 4.69) is 30.7 Å². The smallest absolute Gasteiger partial charge is 0.255 e. The summed E-state index contributed by atoms with van der Waals surface area (Å²) in [5.41, 5.74) is 11.6. The maximum Gasteiger partial charge on any atom is 0.255 e. The summed E-state index contributed by atoms with van der Waals surface area (Å²) in [7, 11) is 1.43. The number of nitrogens with two attached hydrogens (primary N) is 1. The van der Waals surface area contributed by atoms with Gasteiger partial charge in [0.25, 0.3) is 5.91 Å². The van der Waals surface area contributed by atoms with E-state index in [1.807, 2.05) is 36.4 Å². The van der Waals surface area contributed by atoms with Crippen LogP contribution in [0.15, 0.2) is 67.0 Å². The van der Waals surface area contributed by atoms with Crippen molar-refractivity contribution in [1.29, 1.82) is 0 Å². The number of ether oxygens (including phenoxy) is 1. The number of hydrogen-bond donors (Lipinski definition) is 4. The SMILES string of the molecule is COc1ccc(F)cc1C(=O)NCc1ccc(-c2ncc(-c3ccc4cn[nH]c4n3)c3[nH]nc(N)c23)cc1.